The molecule has 0 unspecified atom stereocenters. The van der Waals surface area contributed by atoms with Crippen molar-refractivity contribution in [2.75, 3.05) is 20.1 Å². The predicted molar refractivity (Wildman–Crippen MR) is 35.9 cm³/mol. The Morgan fingerprint density at radius 2 is 2.56 bits per heavy atom. The van der Waals surface area contributed by atoms with Gasteiger partial charge in [-0.25, -0.2) is 0 Å². The summed E-state index contributed by atoms with van der Waals surface area (Å²) in [4.78, 5) is 10.4. The first-order valence-corrected chi connectivity index (χ1v) is 2.99. The normalized spacial score (nSPS) is 8.56. The van der Waals surface area contributed by atoms with Crippen LogP contribution >= 0.6 is 0 Å². The summed E-state index contributed by atoms with van der Waals surface area (Å²) in [5.41, 5.74) is 0. The van der Waals surface area contributed by atoms with Crippen molar-refractivity contribution in [3.05, 3.63) is 12.7 Å². The average molecular weight is 129 g/mol. The van der Waals surface area contributed by atoms with Crippen molar-refractivity contribution in [2.24, 2.45) is 0 Å². The van der Waals surface area contributed by atoms with Gasteiger partial charge in [0.1, 0.15) is 0 Å². The Bertz CT molecular complexity index is 101. The molecule has 0 bridgehead atoms. The Morgan fingerprint density at radius 1 is 1.89 bits per heavy atom. The maximum atomic E-state index is 10.4. The maximum Gasteiger partial charge on any atom is 0.243 e. The van der Waals surface area contributed by atoms with Gasteiger partial charge in [0.05, 0.1) is 20.1 Å². The second-order valence-electron chi connectivity index (χ2n) is 1.69. The van der Waals surface area contributed by atoms with E-state index in [4.69, 9.17) is 0 Å². The first-order valence-electron chi connectivity index (χ1n) is 2.99. The minimum absolute atomic E-state index is 0.100. The topological polar surface area (TPSA) is 45.7 Å². The second-order valence-corrected chi connectivity index (χ2v) is 1.69. The molecule has 1 amide bonds. The molecule has 0 aliphatic heterocycles. The number of hydrogen-bond acceptors (Lipinski definition) is 1. The third-order valence-electron chi connectivity index (χ3n) is 0.918. The highest BCUT2D eigenvalue weighted by molar-refractivity contribution is 5.86. The number of hydrogen-bond donors (Lipinski definition) is 2. The number of carbonyl (C=O) groups excluding carboxylic acids is 1. The van der Waals surface area contributed by atoms with Crippen LogP contribution in [-0.2, 0) is 4.79 Å². The lowest BCUT2D eigenvalue weighted by atomic mass is 10.5. The summed E-state index contributed by atoms with van der Waals surface area (Å²) in [6, 6.07) is 0. The fourth-order valence-electron chi connectivity index (χ4n) is 0.412. The third-order valence-corrected chi connectivity index (χ3v) is 0.918. The first kappa shape index (κ1) is 8.17. The van der Waals surface area contributed by atoms with Crippen molar-refractivity contribution in [3.8, 4) is 0 Å². The number of nitrogens with two attached hydrogens (primary N) is 1. The van der Waals surface area contributed by atoms with E-state index < -0.39 is 0 Å². The number of nitrogens with one attached hydrogen (secondary N) is 1. The van der Waals surface area contributed by atoms with Crippen LogP contribution in [0.4, 0.5) is 0 Å². The molecule has 9 heavy (non-hydrogen) atoms. The number of amides is 1. The van der Waals surface area contributed by atoms with Gasteiger partial charge in [-0.2, -0.15) is 0 Å². The predicted octanol–water partition coefficient (Wildman–Crippen LogP) is -1.52. The standard InChI is InChI=1S/C6H12N2O/c1-3-6(9)8-5-4-7-2/h3,7H,1,4-5H2,2H3,(H,8,9)/p+1. The monoisotopic (exact) mass is 129 g/mol. The molecule has 52 valence electrons. The van der Waals surface area contributed by atoms with Gasteiger partial charge in [-0.1, -0.05) is 6.58 Å². The number of quaternary nitrogens is 1. The molecule has 0 radical (unpaired) electrons. The molecular formula is C6H13N2O+. The molecule has 0 aromatic carbocycles. The molecule has 0 aromatic rings. The largest absolute Gasteiger partial charge is 0.347 e. The molecule has 0 aliphatic carbocycles. The first-order chi connectivity index (χ1) is 4.31. The number of carbonyl (C=O) groups is 1. The van der Waals surface area contributed by atoms with Crippen molar-refractivity contribution in [1.82, 2.24) is 5.32 Å². The summed E-state index contributed by atoms with van der Waals surface area (Å²) in [6.45, 7) is 4.94. The van der Waals surface area contributed by atoms with Crippen molar-refractivity contribution in [2.45, 2.75) is 0 Å². The van der Waals surface area contributed by atoms with Gasteiger partial charge in [-0.15, -0.1) is 0 Å². The Labute approximate surface area is 55.1 Å². The van der Waals surface area contributed by atoms with Crippen LogP contribution in [0.3, 0.4) is 0 Å². The van der Waals surface area contributed by atoms with E-state index in [0.29, 0.717) is 6.54 Å². The summed E-state index contributed by atoms with van der Waals surface area (Å²) in [7, 11) is 1.96. The van der Waals surface area contributed by atoms with Crippen molar-refractivity contribution in [3.63, 3.8) is 0 Å². The highest BCUT2D eigenvalue weighted by Crippen LogP contribution is 1.61. The quantitative estimate of drug-likeness (QED) is 0.351. The van der Waals surface area contributed by atoms with Crippen LogP contribution in [0.15, 0.2) is 12.7 Å². The molecule has 0 saturated heterocycles. The zero-order chi connectivity index (χ0) is 7.11. The smallest absolute Gasteiger partial charge is 0.243 e. The number of likely N-dealkylation sites (N-methyl/N-ethyl adjacent to an activating group) is 1. The summed E-state index contributed by atoms with van der Waals surface area (Å²) in [5.74, 6) is -0.100. The Kier molecular flexibility index (Phi) is 4.82. The van der Waals surface area contributed by atoms with Gasteiger partial charge >= 0.3 is 0 Å². The van der Waals surface area contributed by atoms with E-state index in [0.717, 1.165) is 6.54 Å². The molecule has 0 heterocycles. The molecule has 0 fully saturated rings. The van der Waals surface area contributed by atoms with Crippen LogP contribution in [0.5, 0.6) is 0 Å². The zero-order valence-corrected chi connectivity index (χ0v) is 5.68. The van der Waals surface area contributed by atoms with Crippen LogP contribution in [0, 0.1) is 0 Å². The van der Waals surface area contributed by atoms with Crippen LogP contribution in [0.1, 0.15) is 0 Å². The van der Waals surface area contributed by atoms with E-state index in [1.54, 1.807) is 0 Å². The minimum Gasteiger partial charge on any atom is -0.347 e. The van der Waals surface area contributed by atoms with Crippen LogP contribution in [0.2, 0.25) is 0 Å². The van der Waals surface area contributed by atoms with Crippen molar-refractivity contribution in [1.29, 1.82) is 0 Å². The average Bonchev–Trinajstić information content (AvgIpc) is 1.89. The van der Waals surface area contributed by atoms with Crippen molar-refractivity contribution >= 4 is 5.91 Å². The highest BCUT2D eigenvalue weighted by Gasteiger charge is 1.90. The van der Waals surface area contributed by atoms with E-state index >= 15 is 0 Å². The van der Waals surface area contributed by atoms with E-state index in [9.17, 15) is 4.79 Å². The van der Waals surface area contributed by atoms with Crippen molar-refractivity contribution < 1.29 is 10.1 Å². The highest BCUT2D eigenvalue weighted by atomic mass is 16.1. The minimum atomic E-state index is -0.100. The van der Waals surface area contributed by atoms with Gasteiger partial charge < -0.3 is 10.6 Å². The lowest BCUT2D eigenvalue weighted by Gasteiger charge is -1.96. The summed E-state index contributed by atoms with van der Waals surface area (Å²) < 4.78 is 0. The molecular weight excluding hydrogens is 116 g/mol. The zero-order valence-electron chi connectivity index (χ0n) is 5.68. The Morgan fingerprint density at radius 3 is 3.00 bits per heavy atom. The number of rotatable bonds is 4. The van der Waals surface area contributed by atoms with E-state index in [1.165, 1.54) is 6.08 Å². The molecule has 0 atom stereocenters. The summed E-state index contributed by atoms with van der Waals surface area (Å²) in [6.07, 6.45) is 1.27. The van der Waals surface area contributed by atoms with Crippen LogP contribution in [0.25, 0.3) is 0 Å². The van der Waals surface area contributed by atoms with E-state index in [-0.39, 0.29) is 5.91 Å². The molecule has 0 spiro atoms. The third kappa shape index (κ3) is 5.03. The van der Waals surface area contributed by atoms with Gasteiger partial charge in [-0.05, 0) is 6.08 Å². The Balaban J connectivity index is 3.07. The van der Waals surface area contributed by atoms with Gasteiger partial charge in [-0.3, -0.25) is 4.79 Å². The molecule has 3 N–H and O–H groups in total. The van der Waals surface area contributed by atoms with E-state index in [2.05, 4.69) is 11.9 Å². The molecule has 0 saturated carbocycles. The summed E-state index contributed by atoms with van der Waals surface area (Å²) in [5, 5.41) is 4.65. The SMILES string of the molecule is C=CC(=O)NCC[NH2+]C. The van der Waals surface area contributed by atoms with Crippen LogP contribution < -0.4 is 10.6 Å². The van der Waals surface area contributed by atoms with E-state index in [1.807, 2.05) is 12.4 Å². The Hall–Kier alpha value is -0.830. The van der Waals surface area contributed by atoms with Crippen LogP contribution in [-0.4, -0.2) is 26.0 Å². The molecule has 0 aromatic heterocycles. The molecule has 0 rings (SSSR count). The lowest BCUT2D eigenvalue weighted by Crippen LogP contribution is -2.81. The fourth-order valence-corrected chi connectivity index (χ4v) is 0.412. The molecule has 3 nitrogen and oxygen atoms in total. The summed E-state index contributed by atoms with van der Waals surface area (Å²) >= 11 is 0. The van der Waals surface area contributed by atoms with Gasteiger partial charge in [0.2, 0.25) is 5.91 Å². The fraction of sp³-hybridized carbons (Fsp3) is 0.500. The molecule has 0 aliphatic rings. The van der Waals surface area contributed by atoms with Gasteiger partial charge in [0, 0.05) is 0 Å². The van der Waals surface area contributed by atoms with Gasteiger partial charge in [0.15, 0.2) is 0 Å². The maximum absolute atomic E-state index is 10.4. The lowest BCUT2D eigenvalue weighted by molar-refractivity contribution is -0.624. The second kappa shape index (κ2) is 5.31. The molecule has 3 heteroatoms. The van der Waals surface area contributed by atoms with Gasteiger partial charge in [0.25, 0.3) is 0 Å².